The quantitative estimate of drug-likeness (QED) is 0.706. The topological polar surface area (TPSA) is 17.1 Å². The van der Waals surface area contributed by atoms with Gasteiger partial charge in [-0.05, 0) is 28.5 Å². The van der Waals surface area contributed by atoms with Crippen molar-refractivity contribution in [2.24, 2.45) is 0 Å². The van der Waals surface area contributed by atoms with E-state index >= 15 is 0 Å². The second kappa shape index (κ2) is 4.48. The van der Waals surface area contributed by atoms with Gasteiger partial charge in [-0.25, -0.2) is 0 Å². The summed E-state index contributed by atoms with van der Waals surface area (Å²) in [6, 6.07) is 8.77. The monoisotopic (exact) mass is 228 g/mol. The summed E-state index contributed by atoms with van der Waals surface area (Å²) in [6.45, 7) is 6.67. The van der Waals surface area contributed by atoms with Gasteiger partial charge in [0.2, 0.25) is 0 Å². The molecule has 0 atom stereocenters. The van der Waals surface area contributed by atoms with Crippen molar-refractivity contribution in [1.82, 2.24) is 0 Å². The van der Waals surface area contributed by atoms with Crippen molar-refractivity contribution in [1.29, 1.82) is 0 Å². The molecule has 0 spiro atoms. The summed E-state index contributed by atoms with van der Waals surface area (Å²) in [5, 5.41) is 0. The molecule has 0 N–H and O–H groups in total. The fraction of sp³-hybridized carbons (Fsp3) is 0.438. The third-order valence-corrected chi connectivity index (χ3v) is 3.37. The Labute approximate surface area is 104 Å². The Morgan fingerprint density at radius 1 is 1.00 bits per heavy atom. The average molecular weight is 228 g/mol. The van der Waals surface area contributed by atoms with E-state index in [2.05, 4.69) is 51.1 Å². The Hall–Kier alpha value is -1.37. The van der Waals surface area contributed by atoms with Crippen LogP contribution in [-0.4, -0.2) is 5.78 Å². The molecule has 0 amide bonds. The number of rotatable bonds is 1. The highest BCUT2D eigenvalue weighted by molar-refractivity contribution is 5.86. The molecule has 0 saturated carbocycles. The Bertz CT molecular complexity index is 443. The second-order valence-corrected chi connectivity index (χ2v) is 5.80. The van der Waals surface area contributed by atoms with E-state index in [9.17, 15) is 4.79 Å². The molecule has 1 nitrogen and oxygen atoms in total. The van der Waals surface area contributed by atoms with Crippen LogP contribution in [0.3, 0.4) is 0 Å². The summed E-state index contributed by atoms with van der Waals surface area (Å²) in [4.78, 5) is 11.2. The summed E-state index contributed by atoms with van der Waals surface area (Å²) in [6.07, 6.45) is 4.29. The molecular formula is C16H20O. The molecule has 17 heavy (non-hydrogen) atoms. The van der Waals surface area contributed by atoms with E-state index in [0.29, 0.717) is 18.6 Å². The van der Waals surface area contributed by atoms with Gasteiger partial charge in [0, 0.05) is 12.8 Å². The largest absolute Gasteiger partial charge is 0.299 e. The van der Waals surface area contributed by atoms with E-state index in [1.165, 1.54) is 16.7 Å². The molecule has 0 unspecified atom stereocenters. The van der Waals surface area contributed by atoms with Crippen LogP contribution in [0.15, 0.2) is 30.3 Å². The molecule has 0 radical (unpaired) electrons. The van der Waals surface area contributed by atoms with Gasteiger partial charge in [0.25, 0.3) is 0 Å². The first-order valence-corrected chi connectivity index (χ1v) is 6.28. The fourth-order valence-corrected chi connectivity index (χ4v) is 2.16. The number of allylic oxidation sites excluding steroid dienone is 2. The predicted molar refractivity (Wildman–Crippen MR) is 72.0 cm³/mol. The Morgan fingerprint density at radius 2 is 1.65 bits per heavy atom. The standard InChI is InChI=1S/C16H20O/c1-16(2,3)14-8-4-12(5-9-14)13-6-10-15(17)11-7-13/h4-6,8-9H,7,10-11H2,1-3H3. The molecule has 1 aromatic carbocycles. The SMILES string of the molecule is CC(C)(C)c1ccc(C2=CCC(=O)CC2)cc1. The lowest BCUT2D eigenvalue weighted by Gasteiger charge is -2.20. The second-order valence-electron chi connectivity index (χ2n) is 5.80. The lowest BCUT2D eigenvalue weighted by Crippen LogP contribution is -2.10. The molecule has 1 aliphatic rings. The van der Waals surface area contributed by atoms with Gasteiger partial charge in [-0.1, -0.05) is 51.1 Å². The van der Waals surface area contributed by atoms with Gasteiger partial charge in [0.1, 0.15) is 5.78 Å². The van der Waals surface area contributed by atoms with Crippen molar-refractivity contribution in [3.63, 3.8) is 0 Å². The summed E-state index contributed by atoms with van der Waals surface area (Å²) in [5.74, 6) is 0.361. The van der Waals surface area contributed by atoms with Gasteiger partial charge in [0.05, 0.1) is 0 Å². The zero-order chi connectivity index (χ0) is 12.5. The first-order chi connectivity index (χ1) is 7.97. The van der Waals surface area contributed by atoms with E-state index in [1.807, 2.05) is 0 Å². The number of carbonyl (C=O) groups is 1. The number of benzene rings is 1. The average Bonchev–Trinajstić information content (AvgIpc) is 2.29. The van der Waals surface area contributed by atoms with Crippen LogP contribution in [0.25, 0.3) is 5.57 Å². The fourth-order valence-electron chi connectivity index (χ4n) is 2.16. The van der Waals surface area contributed by atoms with E-state index in [-0.39, 0.29) is 5.41 Å². The lowest BCUT2D eigenvalue weighted by atomic mass is 9.85. The van der Waals surface area contributed by atoms with Crippen LogP contribution in [-0.2, 0) is 10.2 Å². The van der Waals surface area contributed by atoms with Gasteiger partial charge in [-0.15, -0.1) is 0 Å². The highest BCUT2D eigenvalue weighted by Crippen LogP contribution is 2.28. The summed E-state index contributed by atoms with van der Waals surface area (Å²) in [7, 11) is 0. The maximum atomic E-state index is 11.2. The van der Waals surface area contributed by atoms with E-state index in [4.69, 9.17) is 0 Å². The minimum atomic E-state index is 0.204. The lowest BCUT2D eigenvalue weighted by molar-refractivity contribution is -0.118. The molecule has 0 heterocycles. The molecule has 1 heteroatoms. The van der Waals surface area contributed by atoms with Crippen LogP contribution in [0.2, 0.25) is 0 Å². The third-order valence-electron chi connectivity index (χ3n) is 3.37. The number of hydrogen-bond acceptors (Lipinski definition) is 1. The minimum Gasteiger partial charge on any atom is -0.299 e. The summed E-state index contributed by atoms with van der Waals surface area (Å²) < 4.78 is 0. The van der Waals surface area contributed by atoms with E-state index < -0.39 is 0 Å². The number of hydrogen-bond donors (Lipinski definition) is 0. The smallest absolute Gasteiger partial charge is 0.137 e. The predicted octanol–water partition coefficient (Wildman–Crippen LogP) is 4.12. The van der Waals surface area contributed by atoms with Crippen LogP contribution in [0.5, 0.6) is 0 Å². The van der Waals surface area contributed by atoms with Gasteiger partial charge >= 0.3 is 0 Å². The molecule has 0 aliphatic heterocycles. The van der Waals surface area contributed by atoms with Gasteiger partial charge in [0.15, 0.2) is 0 Å². The van der Waals surface area contributed by atoms with Gasteiger partial charge in [-0.2, -0.15) is 0 Å². The Kier molecular flexibility index (Phi) is 3.19. The van der Waals surface area contributed by atoms with Crippen molar-refractivity contribution in [2.75, 3.05) is 0 Å². The molecule has 90 valence electrons. The zero-order valence-electron chi connectivity index (χ0n) is 10.9. The molecular weight excluding hydrogens is 208 g/mol. The maximum Gasteiger partial charge on any atom is 0.137 e. The van der Waals surface area contributed by atoms with Crippen LogP contribution in [0, 0.1) is 0 Å². The highest BCUT2D eigenvalue weighted by atomic mass is 16.1. The highest BCUT2D eigenvalue weighted by Gasteiger charge is 2.15. The molecule has 2 rings (SSSR count). The van der Waals surface area contributed by atoms with Crippen LogP contribution < -0.4 is 0 Å². The normalized spacial score (nSPS) is 16.9. The first kappa shape index (κ1) is 12.1. The molecule has 0 bridgehead atoms. The van der Waals surface area contributed by atoms with Gasteiger partial charge < -0.3 is 0 Å². The van der Waals surface area contributed by atoms with Crippen LogP contribution in [0.4, 0.5) is 0 Å². The Balaban J connectivity index is 2.21. The molecule has 1 aromatic rings. The molecule has 0 saturated heterocycles. The Morgan fingerprint density at radius 3 is 2.12 bits per heavy atom. The number of Topliss-reactive ketones (excluding diaryl/α,β-unsaturated/α-hetero) is 1. The number of carbonyl (C=O) groups excluding carboxylic acids is 1. The van der Waals surface area contributed by atoms with Crippen molar-refractivity contribution < 1.29 is 4.79 Å². The molecule has 0 fully saturated rings. The summed E-state index contributed by atoms with van der Waals surface area (Å²) in [5.41, 5.74) is 4.15. The van der Waals surface area contributed by atoms with Crippen molar-refractivity contribution in [2.45, 2.75) is 45.4 Å². The van der Waals surface area contributed by atoms with E-state index in [0.717, 1.165) is 6.42 Å². The minimum absolute atomic E-state index is 0.204. The molecule has 0 aromatic heterocycles. The van der Waals surface area contributed by atoms with Crippen molar-refractivity contribution in [3.05, 3.63) is 41.5 Å². The van der Waals surface area contributed by atoms with Crippen LogP contribution in [0.1, 0.15) is 51.2 Å². The zero-order valence-corrected chi connectivity index (χ0v) is 10.9. The summed E-state index contributed by atoms with van der Waals surface area (Å²) >= 11 is 0. The third kappa shape index (κ3) is 2.85. The maximum absolute atomic E-state index is 11.2. The molecule has 1 aliphatic carbocycles. The number of ketones is 1. The van der Waals surface area contributed by atoms with E-state index in [1.54, 1.807) is 0 Å². The van der Waals surface area contributed by atoms with Crippen molar-refractivity contribution >= 4 is 11.4 Å². The first-order valence-electron chi connectivity index (χ1n) is 6.28. The van der Waals surface area contributed by atoms with Gasteiger partial charge in [-0.3, -0.25) is 4.79 Å². The van der Waals surface area contributed by atoms with Crippen LogP contribution >= 0.6 is 0 Å². The van der Waals surface area contributed by atoms with Crippen molar-refractivity contribution in [3.8, 4) is 0 Å².